The van der Waals surface area contributed by atoms with Gasteiger partial charge in [0, 0.05) is 11.6 Å². The molecular weight excluding hydrogens is 464 g/mol. The van der Waals surface area contributed by atoms with Crippen LogP contribution in [0, 0.1) is 17.0 Å². The molecule has 0 fully saturated rings. The van der Waals surface area contributed by atoms with Crippen molar-refractivity contribution in [3.8, 4) is 11.5 Å². The Balaban J connectivity index is 1.86. The van der Waals surface area contributed by atoms with E-state index in [1.807, 2.05) is 37.3 Å². The molecule has 0 radical (unpaired) electrons. The number of rotatable bonds is 8. The van der Waals surface area contributed by atoms with Crippen LogP contribution in [0.15, 0.2) is 65.1 Å². The van der Waals surface area contributed by atoms with E-state index < -0.39 is 10.8 Å². The average molecular weight is 485 g/mol. The van der Waals surface area contributed by atoms with Gasteiger partial charge in [-0.05, 0) is 59.1 Å². The van der Waals surface area contributed by atoms with E-state index in [1.54, 1.807) is 25.1 Å². The summed E-state index contributed by atoms with van der Waals surface area (Å²) in [5, 5.41) is 13.9. The standard InChI is InChI=1S/C23H21BrN2O5/c1-3-30-21-13-17(12-18(24)22(21)31-14-16-7-5-4-6-8-16)23(27)25-19-10-9-15(2)11-20(19)26(28)29/h4-13H,3,14H2,1-2H3,(H,25,27). The summed E-state index contributed by atoms with van der Waals surface area (Å²) in [6, 6.07) is 17.5. The number of carbonyl (C=O) groups excluding carboxylic acids is 1. The number of carbonyl (C=O) groups is 1. The van der Waals surface area contributed by atoms with Gasteiger partial charge in [0.1, 0.15) is 12.3 Å². The van der Waals surface area contributed by atoms with Crippen molar-refractivity contribution < 1.29 is 19.2 Å². The van der Waals surface area contributed by atoms with Crippen molar-refractivity contribution in [2.24, 2.45) is 0 Å². The molecule has 0 aliphatic rings. The maximum Gasteiger partial charge on any atom is 0.293 e. The molecule has 3 rings (SSSR count). The summed E-state index contributed by atoms with van der Waals surface area (Å²) < 4.78 is 12.2. The third-order valence-electron chi connectivity index (χ3n) is 4.40. The quantitative estimate of drug-likeness (QED) is 0.317. The molecule has 0 spiro atoms. The van der Waals surface area contributed by atoms with Crippen molar-refractivity contribution in [1.29, 1.82) is 0 Å². The highest BCUT2D eigenvalue weighted by Gasteiger charge is 2.20. The second-order valence-electron chi connectivity index (χ2n) is 6.72. The molecule has 8 heteroatoms. The first-order valence-corrected chi connectivity index (χ1v) is 10.4. The first-order chi connectivity index (χ1) is 14.9. The van der Waals surface area contributed by atoms with Gasteiger partial charge in [-0.1, -0.05) is 36.4 Å². The number of hydrogen-bond acceptors (Lipinski definition) is 5. The minimum Gasteiger partial charge on any atom is -0.490 e. The first-order valence-electron chi connectivity index (χ1n) is 9.58. The number of amides is 1. The van der Waals surface area contributed by atoms with Crippen molar-refractivity contribution in [3.05, 3.63) is 91.9 Å². The molecule has 0 unspecified atom stereocenters. The minimum absolute atomic E-state index is 0.124. The summed E-state index contributed by atoms with van der Waals surface area (Å²) in [6.07, 6.45) is 0. The molecule has 7 nitrogen and oxygen atoms in total. The second kappa shape index (κ2) is 10.1. The largest absolute Gasteiger partial charge is 0.490 e. The number of anilines is 1. The van der Waals surface area contributed by atoms with E-state index >= 15 is 0 Å². The number of hydrogen-bond donors (Lipinski definition) is 1. The van der Waals surface area contributed by atoms with Crippen LogP contribution in [0.4, 0.5) is 11.4 Å². The van der Waals surface area contributed by atoms with Gasteiger partial charge in [-0.25, -0.2) is 0 Å². The van der Waals surface area contributed by atoms with E-state index in [9.17, 15) is 14.9 Å². The molecule has 3 aromatic carbocycles. The van der Waals surface area contributed by atoms with Gasteiger partial charge in [0.2, 0.25) is 0 Å². The number of aryl methyl sites for hydroxylation is 1. The fourth-order valence-corrected chi connectivity index (χ4v) is 3.48. The number of nitro groups is 1. The van der Waals surface area contributed by atoms with Crippen LogP contribution in [0.1, 0.15) is 28.4 Å². The third kappa shape index (κ3) is 5.61. The predicted molar refractivity (Wildman–Crippen MR) is 122 cm³/mol. The van der Waals surface area contributed by atoms with Crippen molar-refractivity contribution in [2.45, 2.75) is 20.5 Å². The van der Waals surface area contributed by atoms with Gasteiger partial charge in [-0.2, -0.15) is 0 Å². The Morgan fingerprint density at radius 3 is 2.52 bits per heavy atom. The number of nitro benzene ring substituents is 1. The van der Waals surface area contributed by atoms with E-state index in [1.165, 1.54) is 12.1 Å². The average Bonchev–Trinajstić information content (AvgIpc) is 2.75. The Morgan fingerprint density at radius 1 is 1.10 bits per heavy atom. The van der Waals surface area contributed by atoms with Gasteiger partial charge in [0.25, 0.3) is 11.6 Å². The Bertz CT molecular complexity index is 1100. The van der Waals surface area contributed by atoms with Gasteiger partial charge in [0.15, 0.2) is 11.5 Å². The van der Waals surface area contributed by atoms with Gasteiger partial charge >= 0.3 is 0 Å². The lowest BCUT2D eigenvalue weighted by Gasteiger charge is -2.15. The molecule has 0 saturated heterocycles. The molecule has 1 amide bonds. The highest BCUT2D eigenvalue weighted by atomic mass is 79.9. The minimum atomic E-state index is -0.523. The summed E-state index contributed by atoms with van der Waals surface area (Å²) in [5.41, 5.74) is 1.95. The van der Waals surface area contributed by atoms with Crippen molar-refractivity contribution in [2.75, 3.05) is 11.9 Å². The van der Waals surface area contributed by atoms with Crippen LogP contribution in [-0.2, 0) is 6.61 Å². The molecule has 0 bridgehead atoms. The van der Waals surface area contributed by atoms with Crippen LogP contribution in [0.25, 0.3) is 0 Å². The van der Waals surface area contributed by atoms with Crippen LogP contribution in [0.5, 0.6) is 11.5 Å². The predicted octanol–water partition coefficient (Wildman–Crippen LogP) is 5.90. The van der Waals surface area contributed by atoms with E-state index in [-0.39, 0.29) is 16.9 Å². The lowest BCUT2D eigenvalue weighted by molar-refractivity contribution is -0.384. The van der Waals surface area contributed by atoms with E-state index in [4.69, 9.17) is 9.47 Å². The van der Waals surface area contributed by atoms with E-state index in [2.05, 4.69) is 21.2 Å². The smallest absolute Gasteiger partial charge is 0.293 e. The Morgan fingerprint density at radius 2 is 1.84 bits per heavy atom. The molecule has 31 heavy (non-hydrogen) atoms. The molecule has 0 aromatic heterocycles. The fourth-order valence-electron chi connectivity index (χ4n) is 2.92. The van der Waals surface area contributed by atoms with Crippen LogP contribution < -0.4 is 14.8 Å². The lowest BCUT2D eigenvalue weighted by atomic mass is 10.1. The zero-order chi connectivity index (χ0) is 22.4. The molecule has 0 aliphatic heterocycles. The third-order valence-corrected chi connectivity index (χ3v) is 4.98. The monoisotopic (exact) mass is 484 g/mol. The molecule has 3 aromatic rings. The highest BCUT2D eigenvalue weighted by molar-refractivity contribution is 9.10. The van der Waals surface area contributed by atoms with Crippen LogP contribution in [-0.4, -0.2) is 17.4 Å². The SMILES string of the molecule is CCOc1cc(C(=O)Nc2ccc(C)cc2[N+](=O)[O-])cc(Br)c1OCc1ccccc1. The Labute approximate surface area is 188 Å². The van der Waals surface area contributed by atoms with Crippen LogP contribution in [0.3, 0.4) is 0 Å². The summed E-state index contributed by atoms with van der Waals surface area (Å²) >= 11 is 3.45. The van der Waals surface area contributed by atoms with E-state index in [0.29, 0.717) is 29.2 Å². The van der Waals surface area contributed by atoms with Crippen molar-refractivity contribution in [1.82, 2.24) is 0 Å². The zero-order valence-corrected chi connectivity index (χ0v) is 18.6. The van der Waals surface area contributed by atoms with E-state index in [0.717, 1.165) is 11.1 Å². The summed E-state index contributed by atoms with van der Waals surface area (Å²) in [4.78, 5) is 23.6. The molecule has 1 N–H and O–H groups in total. The molecule has 0 aliphatic carbocycles. The van der Waals surface area contributed by atoms with Gasteiger partial charge in [-0.3, -0.25) is 14.9 Å². The number of ether oxygens (including phenoxy) is 2. The maximum absolute atomic E-state index is 12.8. The fraction of sp³-hybridized carbons (Fsp3) is 0.174. The molecule has 0 heterocycles. The second-order valence-corrected chi connectivity index (χ2v) is 7.58. The lowest BCUT2D eigenvalue weighted by Crippen LogP contribution is -2.14. The van der Waals surface area contributed by atoms with Crippen LogP contribution >= 0.6 is 15.9 Å². The van der Waals surface area contributed by atoms with Crippen molar-refractivity contribution in [3.63, 3.8) is 0 Å². The number of nitrogens with zero attached hydrogens (tertiary/aromatic N) is 1. The molecular formula is C23H21BrN2O5. The van der Waals surface area contributed by atoms with Crippen molar-refractivity contribution >= 4 is 33.2 Å². The van der Waals surface area contributed by atoms with Gasteiger partial charge < -0.3 is 14.8 Å². The molecule has 160 valence electrons. The van der Waals surface area contributed by atoms with Gasteiger partial charge in [0.05, 0.1) is 16.0 Å². The topological polar surface area (TPSA) is 90.7 Å². The number of benzene rings is 3. The summed E-state index contributed by atoms with van der Waals surface area (Å²) in [7, 11) is 0. The highest BCUT2D eigenvalue weighted by Crippen LogP contribution is 2.38. The molecule has 0 saturated carbocycles. The number of nitrogens with one attached hydrogen (secondary N) is 1. The molecule has 0 atom stereocenters. The van der Waals surface area contributed by atoms with Gasteiger partial charge in [-0.15, -0.1) is 0 Å². The summed E-state index contributed by atoms with van der Waals surface area (Å²) in [6.45, 7) is 4.29. The normalized spacial score (nSPS) is 10.4. The maximum atomic E-state index is 12.8. The first kappa shape index (κ1) is 22.3. The van der Waals surface area contributed by atoms with Crippen LogP contribution in [0.2, 0.25) is 0 Å². The number of halogens is 1. The summed E-state index contributed by atoms with van der Waals surface area (Å²) in [5.74, 6) is 0.378. The zero-order valence-electron chi connectivity index (χ0n) is 17.1. The Kier molecular flexibility index (Phi) is 7.25. The Hall–Kier alpha value is -3.39.